The molecule has 2 rings (SSSR count). The molecule has 5 nitrogen and oxygen atoms in total. The van der Waals surface area contributed by atoms with Crippen molar-refractivity contribution in [3.63, 3.8) is 0 Å². The molecule has 1 aromatic rings. The molecule has 110 valence electrons. The van der Waals surface area contributed by atoms with Crippen LogP contribution in [0, 0.1) is 0 Å². The number of rotatable bonds is 3. The molecule has 0 saturated carbocycles. The zero-order valence-corrected chi connectivity index (χ0v) is 13.5. The number of nitrogens with two attached hydrogens (primary N) is 1. The molecule has 0 aromatic heterocycles. The average molecular weight is 341 g/mol. The Morgan fingerprint density at radius 2 is 2.25 bits per heavy atom. The van der Waals surface area contributed by atoms with Crippen LogP contribution in [0.2, 0.25) is 0 Å². The molecular weight excluding hydrogens is 320 g/mol. The predicted molar refractivity (Wildman–Crippen MR) is 83.2 cm³/mol. The minimum Gasteiger partial charge on any atom is -0.304 e. The van der Waals surface area contributed by atoms with Crippen molar-refractivity contribution in [2.45, 2.75) is 19.5 Å². The van der Waals surface area contributed by atoms with E-state index in [9.17, 15) is 4.79 Å². The second kappa shape index (κ2) is 6.67. The van der Waals surface area contributed by atoms with Gasteiger partial charge in [0.2, 0.25) is 0 Å². The summed E-state index contributed by atoms with van der Waals surface area (Å²) in [6, 6.07) is 6.15. The summed E-state index contributed by atoms with van der Waals surface area (Å²) >= 11 is 3.55. The van der Waals surface area contributed by atoms with Crippen LogP contribution >= 0.6 is 15.9 Å². The second-order valence-electron chi connectivity index (χ2n) is 5.36. The van der Waals surface area contributed by atoms with E-state index in [1.54, 1.807) is 0 Å². The van der Waals surface area contributed by atoms with Gasteiger partial charge in [-0.2, -0.15) is 0 Å². The Morgan fingerprint density at radius 1 is 1.50 bits per heavy atom. The third-order valence-electron chi connectivity index (χ3n) is 3.79. The van der Waals surface area contributed by atoms with Crippen molar-refractivity contribution in [3.8, 4) is 0 Å². The van der Waals surface area contributed by atoms with E-state index in [0.717, 1.165) is 30.7 Å². The van der Waals surface area contributed by atoms with Gasteiger partial charge < -0.3 is 4.90 Å². The molecule has 1 aromatic carbocycles. The Kier molecular flexibility index (Phi) is 5.15. The molecule has 1 aliphatic rings. The van der Waals surface area contributed by atoms with Gasteiger partial charge in [0.05, 0.1) is 0 Å². The van der Waals surface area contributed by atoms with Crippen LogP contribution in [-0.2, 0) is 6.54 Å². The number of nitrogen functional groups attached to an aromatic ring is 1. The number of amides is 1. The van der Waals surface area contributed by atoms with Crippen molar-refractivity contribution in [1.82, 2.24) is 15.2 Å². The van der Waals surface area contributed by atoms with Crippen molar-refractivity contribution < 1.29 is 4.79 Å². The first-order valence-electron chi connectivity index (χ1n) is 6.73. The van der Waals surface area contributed by atoms with E-state index >= 15 is 0 Å². The number of hydrazine groups is 1. The van der Waals surface area contributed by atoms with Crippen molar-refractivity contribution in [2.24, 2.45) is 5.84 Å². The highest BCUT2D eigenvalue weighted by atomic mass is 79.9. The molecule has 6 heteroatoms. The molecule has 1 aliphatic heterocycles. The fraction of sp³-hybridized carbons (Fsp3) is 0.500. The van der Waals surface area contributed by atoms with Gasteiger partial charge in [0.1, 0.15) is 0 Å². The number of nitrogens with one attached hydrogen (secondary N) is 1. The highest BCUT2D eigenvalue weighted by Crippen LogP contribution is 2.22. The maximum absolute atomic E-state index is 11.5. The Labute approximate surface area is 128 Å². The lowest BCUT2D eigenvalue weighted by Crippen LogP contribution is -2.49. The van der Waals surface area contributed by atoms with Crippen LogP contribution in [0.5, 0.6) is 0 Å². The van der Waals surface area contributed by atoms with Gasteiger partial charge >= 0.3 is 0 Å². The van der Waals surface area contributed by atoms with E-state index in [1.165, 1.54) is 5.56 Å². The van der Waals surface area contributed by atoms with E-state index in [2.05, 4.69) is 45.1 Å². The summed E-state index contributed by atoms with van der Waals surface area (Å²) in [5, 5.41) is 0. The molecule has 0 spiro atoms. The molecule has 20 heavy (non-hydrogen) atoms. The SMILES string of the molecule is CC1CN(C)CCN1Cc1ccc(C(=O)NN)cc1Br. The maximum Gasteiger partial charge on any atom is 0.265 e. The fourth-order valence-electron chi connectivity index (χ4n) is 2.53. The first-order chi connectivity index (χ1) is 9.51. The third kappa shape index (κ3) is 3.58. The Morgan fingerprint density at radius 3 is 2.85 bits per heavy atom. The molecule has 3 N–H and O–H groups in total. The van der Waals surface area contributed by atoms with E-state index in [-0.39, 0.29) is 5.91 Å². The fourth-order valence-corrected chi connectivity index (χ4v) is 3.04. The summed E-state index contributed by atoms with van der Waals surface area (Å²) in [4.78, 5) is 16.3. The number of hydrogen-bond donors (Lipinski definition) is 2. The maximum atomic E-state index is 11.5. The van der Waals surface area contributed by atoms with Crippen molar-refractivity contribution in [1.29, 1.82) is 0 Å². The third-order valence-corrected chi connectivity index (χ3v) is 4.53. The van der Waals surface area contributed by atoms with Crippen LogP contribution in [0.3, 0.4) is 0 Å². The molecule has 1 heterocycles. The number of nitrogens with zero attached hydrogens (tertiary/aromatic N) is 2. The molecule has 0 radical (unpaired) electrons. The zero-order valence-electron chi connectivity index (χ0n) is 11.9. The number of carbonyl (C=O) groups excluding carboxylic acids is 1. The smallest absolute Gasteiger partial charge is 0.265 e. The molecular formula is C14H21BrN4O. The van der Waals surface area contributed by atoms with Crippen LogP contribution in [0.15, 0.2) is 22.7 Å². The molecule has 1 atom stereocenters. The summed E-state index contributed by atoms with van der Waals surface area (Å²) in [5.74, 6) is 4.87. The van der Waals surface area contributed by atoms with Gasteiger partial charge in [-0.25, -0.2) is 5.84 Å². The largest absolute Gasteiger partial charge is 0.304 e. The predicted octanol–water partition coefficient (Wildman–Crippen LogP) is 1.19. The highest BCUT2D eigenvalue weighted by molar-refractivity contribution is 9.10. The monoisotopic (exact) mass is 340 g/mol. The van der Waals surface area contributed by atoms with Gasteiger partial charge in [0.25, 0.3) is 5.91 Å². The van der Waals surface area contributed by atoms with Crippen molar-refractivity contribution in [2.75, 3.05) is 26.7 Å². The second-order valence-corrected chi connectivity index (χ2v) is 6.22. The molecule has 0 aliphatic carbocycles. The Balaban J connectivity index is 2.08. The molecule has 1 unspecified atom stereocenters. The standard InChI is InChI=1S/C14H21BrN4O/c1-10-8-18(2)5-6-19(10)9-12-4-3-11(7-13(12)15)14(20)17-16/h3-4,7,10H,5-6,8-9,16H2,1-2H3,(H,17,20). The molecule has 1 amide bonds. The lowest BCUT2D eigenvalue weighted by atomic mass is 10.1. The van der Waals surface area contributed by atoms with E-state index in [0.29, 0.717) is 11.6 Å². The first-order valence-corrected chi connectivity index (χ1v) is 7.52. The number of hydrogen-bond acceptors (Lipinski definition) is 4. The summed E-state index contributed by atoms with van der Waals surface area (Å²) in [5.41, 5.74) is 3.90. The molecule has 0 bridgehead atoms. The lowest BCUT2D eigenvalue weighted by molar-refractivity contribution is 0.0934. The van der Waals surface area contributed by atoms with Crippen LogP contribution < -0.4 is 11.3 Å². The number of benzene rings is 1. The van der Waals surface area contributed by atoms with Gasteiger partial charge in [0, 0.05) is 42.3 Å². The van der Waals surface area contributed by atoms with Crippen LogP contribution in [0.1, 0.15) is 22.8 Å². The average Bonchev–Trinajstić information content (AvgIpc) is 2.42. The first kappa shape index (κ1) is 15.4. The number of carbonyl (C=O) groups is 1. The quantitative estimate of drug-likeness (QED) is 0.493. The zero-order chi connectivity index (χ0) is 14.7. The number of halogens is 1. The Bertz CT molecular complexity index is 494. The summed E-state index contributed by atoms with van der Waals surface area (Å²) < 4.78 is 0.949. The van der Waals surface area contributed by atoms with E-state index < -0.39 is 0 Å². The summed E-state index contributed by atoms with van der Waals surface area (Å²) in [6.07, 6.45) is 0. The van der Waals surface area contributed by atoms with Crippen molar-refractivity contribution in [3.05, 3.63) is 33.8 Å². The summed E-state index contributed by atoms with van der Waals surface area (Å²) in [7, 11) is 2.16. The normalized spacial score (nSPS) is 20.9. The van der Waals surface area contributed by atoms with Gasteiger partial charge in [-0.1, -0.05) is 22.0 Å². The highest BCUT2D eigenvalue weighted by Gasteiger charge is 2.22. The Hall–Kier alpha value is -0.950. The van der Waals surface area contributed by atoms with Crippen molar-refractivity contribution >= 4 is 21.8 Å². The minimum absolute atomic E-state index is 0.273. The topological polar surface area (TPSA) is 61.6 Å². The van der Waals surface area contributed by atoms with E-state index in [4.69, 9.17) is 5.84 Å². The summed E-state index contributed by atoms with van der Waals surface area (Å²) in [6.45, 7) is 6.38. The molecule has 1 saturated heterocycles. The number of likely N-dealkylation sites (N-methyl/N-ethyl adjacent to an activating group) is 1. The lowest BCUT2D eigenvalue weighted by Gasteiger charge is -2.38. The minimum atomic E-state index is -0.273. The molecule has 1 fully saturated rings. The van der Waals surface area contributed by atoms with E-state index in [1.807, 2.05) is 18.2 Å². The van der Waals surface area contributed by atoms with Gasteiger partial charge in [-0.3, -0.25) is 15.1 Å². The van der Waals surface area contributed by atoms with Crippen LogP contribution in [-0.4, -0.2) is 48.4 Å². The number of piperazine rings is 1. The van der Waals surface area contributed by atoms with Crippen LogP contribution in [0.4, 0.5) is 0 Å². The van der Waals surface area contributed by atoms with Gasteiger partial charge in [-0.05, 0) is 31.7 Å². The van der Waals surface area contributed by atoms with Gasteiger partial charge in [-0.15, -0.1) is 0 Å². The van der Waals surface area contributed by atoms with Crippen LogP contribution in [0.25, 0.3) is 0 Å². The van der Waals surface area contributed by atoms with Gasteiger partial charge in [0.15, 0.2) is 0 Å².